The van der Waals surface area contributed by atoms with Gasteiger partial charge in [-0.3, -0.25) is 5.41 Å². The van der Waals surface area contributed by atoms with E-state index in [9.17, 15) is 5.11 Å². The Bertz CT molecular complexity index is 1110. The first kappa shape index (κ1) is 18.1. The summed E-state index contributed by atoms with van der Waals surface area (Å²) in [4.78, 5) is 6.46. The number of aliphatic hydroxyl groups is 1. The topological polar surface area (TPSA) is 74.4 Å². The van der Waals surface area contributed by atoms with E-state index in [2.05, 4.69) is 0 Å². The van der Waals surface area contributed by atoms with Gasteiger partial charge in [0.1, 0.15) is 23.2 Å². The molecule has 144 valence electrons. The second kappa shape index (κ2) is 6.71. The number of aliphatic hydroxyl groups excluding tert-OH is 1. The lowest BCUT2D eigenvalue weighted by molar-refractivity contribution is 0.243. The molecule has 1 aliphatic heterocycles. The molecule has 0 aliphatic carbocycles. The zero-order valence-corrected chi connectivity index (χ0v) is 16.5. The maximum absolute atomic E-state index is 10.7. The number of rotatable bonds is 4. The zero-order chi connectivity index (χ0) is 20.0. The van der Waals surface area contributed by atoms with Crippen molar-refractivity contribution in [2.24, 2.45) is 7.05 Å². The zero-order valence-electron chi connectivity index (χ0n) is 16.5. The lowest BCUT2D eigenvalue weighted by Gasteiger charge is -2.23. The van der Waals surface area contributed by atoms with Gasteiger partial charge in [0, 0.05) is 7.05 Å². The van der Waals surface area contributed by atoms with E-state index in [1.54, 1.807) is 4.90 Å². The number of hydrogen-bond acceptors (Lipinski definition) is 4. The summed E-state index contributed by atoms with van der Waals surface area (Å²) in [5.41, 5.74) is 4.16. The smallest absolute Gasteiger partial charge is 0.148 e. The van der Waals surface area contributed by atoms with Crippen molar-refractivity contribution in [2.75, 3.05) is 11.4 Å². The highest BCUT2D eigenvalue weighted by atomic mass is 16.5. The Hall–Kier alpha value is -3.28. The second-order valence-electron chi connectivity index (χ2n) is 7.38. The van der Waals surface area contributed by atoms with Crippen LogP contribution in [0.15, 0.2) is 48.2 Å². The van der Waals surface area contributed by atoms with Gasteiger partial charge in [0.2, 0.25) is 0 Å². The van der Waals surface area contributed by atoms with Crippen molar-refractivity contribution in [3.05, 3.63) is 59.6 Å². The SMILES string of the molecule is Cc1ccc2c(c1)nc(C1=C(O)CN(c3ccccc3OC(C)C)C1=N)n2C. The molecule has 3 aromatic rings. The molecule has 0 amide bonds. The summed E-state index contributed by atoms with van der Waals surface area (Å²) in [6.45, 7) is 6.17. The number of aryl methyl sites for hydroxylation is 2. The third-order valence-electron chi connectivity index (χ3n) is 4.88. The number of hydrogen-bond donors (Lipinski definition) is 2. The summed E-state index contributed by atoms with van der Waals surface area (Å²) in [5, 5.41) is 19.5. The lowest BCUT2D eigenvalue weighted by atomic mass is 10.2. The van der Waals surface area contributed by atoms with E-state index in [4.69, 9.17) is 15.1 Å². The molecule has 2 heterocycles. The van der Waals surface area contributed by atoms with Crippen molar-refractivity contribution >= 4 is 28.1 Å². The van der Waals surface area contributed by atoms with Crippen molar-refractivity contribution in [3.8, 4) is 5.75 Å². The Morgan fingerprint density at radius 2 is 1.93 bits per heavy atom. The van der Waals surface area contributed by atoms with E-state index >= 15 is 0 Å². The third-order valence-corrected chi connectivity index (χ3v) is 4.88. The van der Waals surface area contributed by atoms with Crippen LogP contribution in [0.1, 0.15) is 25.2 Å². The van der Waals surface area contributed by atoms with E-state index in [0.717, 1.165) is 22.3 Å². The highest BCUT2D eigenvalue weighted by Gasteiger charge is 2.33. The maximum atomic E-state index is 10.7. The average Bonchev–Trinajstić information content (AvgIpc) is 3.10. The molecule has 6 heteroatoms. The molecule has 2 aromatic carbocycles. The first-order valence-electron chi connectivity index (χ1n) is 9.34. The van der Waals surface area contributed by atoms with Crippen molar-refractivity contribution in [1.29, 1.82) is 5.41 Å². The van der Waals surface area contributed by atoms with Crippen LogP contribution in [0.5, 0.6) is 5.75 Å². The van der Waals surface area contributed by atoms with Gasteiger partial charge in [-0.1, -0.05) is 18.2 Å². The van der Waals surface area contributed by atoms with E-state index in [-0.39, 0.29) is 24.2 Å². The van der Waals surface area contributed by atoms with Gasteiger partial charge >= 0.3 is 0 Å². The van der Waals surface area contributed by atoms with Crippen molar-refractivity contribution in [3.63, 3.8) is 0 Å². The monoisotopic (exact) mass is 376 g/mol. The summed E-state index contributed by atoms with van der Waals surface area (Å²) in [5.74, 6) is 1.64. The largest absolute Gasteiger partial charge is 0.509 e. The molecule has 1 aliphatic rings. The molecule has 2 N–H and O–H groups in total. The van der Waals surface area contributed by atoms with Crippen molar-refractivity contribution in [2.45, 2.75) is 26.9 Å². The van der Waals surface area contributed by atoms with Crippen LogP contribution in [-0.2, 0) is 7.05 Å². The van der Waals surface area contributed by atoms with Crippen LogP contribution in [0.2, 0.25) is 0 Å². The minimum Gasteiger partial charge on any atom is -0.509 e. The number of nitrogens with zero attached hydrogens (tertiary/aromatic N) is 3. The van der Waals surface area contributed by atoms with Gasteiger partial charge in [-0.05, 0) is 50.6 Å². The molecule has 4 rings (SSSR count). The number of imidazole rings is 1. The van der Waals surface area contributed by atoms with Gasteiger partial charge in [-0.25, -0.2) is 4.98 Å². The van der Waals surface area contributed by atoms with Crippen LogP contribution in [0, 0.1) is 12.3 Å². The molecule has 0 saturated heterocycles. The fraction of sp³-hybridized carbons (Fsp3) is 0.273. The highest BCUT2D eigenvalue weighted by Crippen LogP contribution is 2.36. The Balaban J connectivity index is 1.76. The first-order valence-corrected chi connectivity index (χ1v) is 9.34. The molecule has 0 saturated carbocycles. The Morgan fingerprint density at radius 3 is 2.68 bits per heavy atom. The number of para-hydroxylation sites is 2. The van der Waals surface area contributed by atoms with Gasteiger partial charge in [-0.2, -0.15) is 0 Å². The first-order chi connectivity index (χ1) is 13.4. The second-order valence-corrected chi connectivity index (χ2v) is 7.38. The maximum Gasteiger partial charge on any atom is 0.148 e. The summed E-state index contributed by atoms with van der Waals surface area (Å²) in [6.07, 6.45) is 0.0158. The predicted octanol–water partition coefficient (Wildman–Crippen LogP) is 4.44. The van der Waals surface area contributed by atoms with E-state index in [1.807, 2.05) is 74.9 Å². The number of anilines is 1. The minimum absolute atomic E-state index is 0.0158. The molecule has 0 atom stereocenters. The molecule has 0 spiro atoms. The number of fused-ring (bicyclic) bond motifs is 1. The standard InChI is InChI=1S/C22H24N4O2/c1-13(2)28-19-8-6-5-7-17(19)26-12-18(27)20(21(26)23)22-24-15-11-14(3)9-10-16(15)25(22)4/h5-11,13,23,27H,12H2,1-4H3. The predicted molar refractivity (Wildman–Crippen MR) is 112 cm³/mol. The van der Waals surface area contributed by atoms with E-state index in [1.165, 1.54) is 0 Å². The molecular weight excluding hydrogens is 352 g/mol. The van der Waals surface area contributed by atoms with Crippen LogP contribution in [0.3, 0.4) is 0 Å². The van der Waals surface area contributed by atoms with Crippen molar-refractivity contribution in [1.82, 2.24) is 9.55 Å². The van der Waals surface area contributed by atoms with Crippen LogP contribution in [0.4, 0.5) is 5.69 Å². The summed E-state index contributed by atoms with van der Waals surface area (Å²) in [6, 6.07) is 13.7. The minimum atomic E-state index is 0.0158. The van der Waals surface area contributed by atoms with Gasteiger partial charge in [0.15, 0.2) is 0 Å². The van der Waals surface area contributed by atoms with Gasteiger partial charge in [0.05, 0.1) is 34.9 Å². The molecule has 0 unspecified atom stereocenters. The van der Waals surface area contributed by atoms with Crippen LogP contribution < -0.4 is 9.64 Å². The highest BCUT2D eigenvalue weighted by molar-refractivity contribution is 6.30. The molecule has 0 bridgehead atoms. The molecule has 0 radical (unpaired) electrons. The summed E-state index contributed by atoms with van der Waals surface area (Å²) >= 11 is 0. The Kier molecular flexibility index (Phi) is 4.34. The van der Waals surface area contributed by atoms with Crippen LogP contribution in [-0.4, -0.2) is 33.1 Å². The lowest BCUT2D eigenvalue weighted by Crippen LogP contribution is -2.27. The molecule has 28 heavy (non-hydrogen) atoms. The number of aromatic nitrogens is 2. The van der Waals surface area contributed by atoms with E-state index < -0.39 is 0 Å². The van der Waals surface area contributed by atoms with Crippen molar-refractivity contribution < 1.29 is 9.84 Å². The number of nitrogens with one attached hydrogen (secondary N) is 1. The fourth-order valence-corrected chi connectivity index (χ4v) is 3.59. The van der Waals surface area contributed by atoms with Gasteiger partial charge in [0.25, 0.3) is 0 Å². The number of benzene rings is 2. The molecular formula is C22H24N4O2. The third kappa shape index (κ3) is 2.91. The summed E-state index contributed by atoms with van der Waals surface area (Å²) in [7, 11) is 1.91. The fourth-order valence-electron chi connectivity index (χ4n) is 3.59. The van der Waals surface area contributed by atoms with Crippen LogP contribution in [0.25, 0.3) is 16.6 Å². The Morgan fingerprint density at radius 1 is 1.18 bits per heavy atom. The normalized spacial score (nSPS) is 14.6. The molecule has 1 aromatic heterocycles. The quantitative estimate of drug-likeness (QED) is 0.706. The number of amidine groups is 1. The summed E-state index contributed by atoms with van der Waals surface area (Å²) < 4.78 is 7.83. The Labute approximate surface area is 164 Å². The van der Waals surface area contributed by atoms with E-state index in [0.29, 0.717) is 17.1 Å². The van der Waals surface area contributed by atoms with Gasteiger partial charge < -0.3 is 19.3 Å². The molecule has 6 nitrogen and oxygen atoms in total. The average molecular weight is 376 g/mol. The number of ether oxygens (including phenoxy) is 1. The van der Waals surface area contributed by atoms with Crippen LogP contribution >= 0.6 is 0 Å². The molecule has 0 fully saturated rings. The van der Waals surface area contributed by atoms with Gasteiger partial charge in [-0.15, -0.1) is 0 Å².